The van der Waals surface area contributed by atoms with E-state index in [1.54, 1.807) is 0 Å². The maximum atomic E-state index is 4.64. The van der Waals surface area contributed by atoms with Gasteiger partial charge >= 0.3 is 64.3 Å². The van der Waals surface area contributed by atoms with E-state index in [1.807, 2.05) is 0 Å². The van der Waals surface area contributed by atoms with E-state index in [9.17, 15) is 0 Å². The van der Waals surface area contributed by atoms with Crippen molar-refractivity contribution in [2.24, 2.45) is 0 Å². The Morgan fingerprint density at radius 2 is 1.25 bits per heavy atom. The van der Waals surface area contributed by atoms with Crippen LogP contribution < -0.4 is 0 Å². The topological polar surface area (TPSA) is 0 Å². The van der Waals surface area contributed by atoms with Crippen molar-refractivity contribution >= 4 is 76.7 Å². The summed E-state index contributed by atoms with van der Waals surface area (Å²) in [6, 6.07) is 0. The number of hydrogen-bond donors (Lipinski definition) is 0. The molecule has 0 radical (unpaired) electrons. The van der Waals surface area contributed by atoms with Gasteiger partial charge in [-0.05, 0) is 0 Å². The Hall–Kier alpha value is 2.44. The molecular weight excluding hydrogens is 118 g/mol. The fourth-order valence-electron chi connectivity index (χ4n) is 0. The second-order valence-corrected chi connectivity index (χ2v) is 0. The molecular formula is H3CaCl2Li. The van der Waals surface area contributed by atoms with Crippen LogP contribution in [0, 0.1) is 0 Å². The summed E-state index contributed by atoms with van der Waals surface area (Å²) in [6.45, 7) is 0. The van der Waals surface area contributed by atoms with E-state index in [-0.39, 0.29) is 50.1 Å². The Bertz CT molecular complexity index is 6.00. The van der Waals surface area contributed by atoms with Crippen molar-refractivity contribution in [1.82, 2.24) is 0 Å². The van der Waals surface area contributed by atoms with E-state index in [2.05, 4.69) is 9.80 Å². The van der Waals surface area contributed by atoms with E-state index < -0.39 is 0 Å². The van der Waals surface area contributed by atoms with Crippen LogP contribution >= 0.6 is 22.2 Å². The molecule has 0 atom stereocenters. The van der Waals surface area contributed by atoms with Crippen LogP contribution in [-0.2, 0) is 0 Å². The Kier molecular flexibility index (Phi) is 72.6. The molecule has 0 aliphatic carbocycles. The SMILES string of the molecule is Cl.[CaH2].[Li][Cl]. The molecule has 4 heteroatoms. The molecule has 0 unspecified atom stereocenters. The molecule has 0 saturated heterocycles. The maximum absolute atomic E-state index is 4.64. The standard InChI is InChI=1S/Ca.2ClH.Li.2H/h;2*1H;;;/q;;;+1;;/p-1. The van der Waals surface area contributed by atoms with Gasteiger partial charge in [0.05, 0.1) is 0 Å². The summed E-state index contributed by atoms with van der Waals surface area (Å²) < 4.78 is 0. The van der Waals surface area contributed by atoms with Crippen LogP contribution in [-0.4, -0.2) is 54.5 Å². The molecule has 0 rings (SSSR count). The summed E-state index contributed by atoms with van der Waals surface area (Å²) in [4.78, 5) is 0. The van der Waals surface area contributed by atoms with Gasteiger partial charge in [0.25, 0.3) is 0 Å². The molecule has 0 fully saturated rings. The van der Waals surface area contributed by atoms with Crippen molar-refractivity contribution in [3.8, 4) is 0 Å². The Morgan fingerprint density at radius 1 is 1.25 bits per heavy atom. The third-order valence-corrected chi connectivity index (χ3v) is 0. The first-order valence-corrected chi connectivity index (χ1v) is 1.13. The molecule has 0 spiro atoms. The van der Waals surface area contributed by atoms with Crippen LogP contribution in [0.1, 0.15) is 0 Å². The van der Waals surface area contributed by atoms with Crippen molar-refractivity contribution in [3.63, 3.8) is 0 Å². The molecule has 0 aromatic carbocycles. The molecule has 0 aromatic heterocycles. The Labute approximate surface area is 75.4 Å². The van der Waals surface area contributed by atoms with E-state index >= 15 is 0 Å². The van der Waals surface area contributed by atoms with Crippen molar-refractivity contribution < 1.29 is 0 Å². The van der Waals surface area contributed by atoms with Gasteiger partial charge < -0.3 is 0 Å². The third kappa shape index (κ3) is 8.83. The van der Waals surface area contributed by atoms with E-state index in [4.69, 9.17) is 0 Å². The third-order valence-electron chi connectivity index (χ3n) is 0. The fourth-order valence-corrected chi connectivity index (χ4v) is 0. The van der Waals surface area contributed by atoms with E-state index in [0.29, 0.717) is 0 Å². The number of rotatable bonds is 0. The van der Waals surface area contributed by atoms with Gasteiger partial charge in [0, 0.05) is 0 Å². The van der Waals surface area contributed by atoms with Gasteiger partial charge in [-0.25, -0.2) is 0 Å². The van der Waals surface area contributed by atoms with Gasteiger partial charge in [-0.2, -0.15) is 0 Å². The van der Waals surface area contributed by atoms with Crippen LogP contribution in [0.2, 0.25) is 0 Å². The molecule has 0 saturated carbocycles. The van der Waals surface area contributed by atoms with E-state index in [1.165, 1.54) is 16.7 Å². The van der Waals surface area contributed by atoms with Gasteiger partial charge in [0.1, 0.15) is 0 Å². The summed E-state index contributed by atoms with van der Waals surface area (Å²) >= 11 is 1.47. The molecule has 0 N–H and O–H groups in total. The molecule has 20 valence electrons. The van der Waals surface area contributed by atoms with Gasteiger partial charge in [0.15, 0.2) is 0 Å². The molecule has 0 nitrogen and oxygen atoms in total. The first-order chi connectivity index (χ1) is 1.00. The first-order valence-electron chi connectivity index (χ1n) is 0.378. The summed E-state index contributed by atoms with van der Waals surface area (Å²) in [7, 11) is 4.64. The van der Waals surface area contributed by atoms with E-state index in [0.717, 1.165) is 0 Å². The fraction of sp³-hybridized carbons (Fsp3) is 0. The minimum absolute atomic E-state index is 0. The predicted molar refractivity (Wildman–Crippen MR) is 27.4 cm³/mol. The molecule has 0 bridgehead atoms. The average molecular weight is 121 g/mol. The molecule has 0 aromatic rings. The Morgan fingerprint density at radius 3 is 1.25 bits per heavy atom. The van der Waals surface area contributed by atoms with Gasteiger partial charge in [-0.3, -0.25) is 0 Å². The Balaban J connectivity index is -0.00000000500. The molecule has 0 heterocycles. The summed E-state index contributed by atoms with van der Waals surface area (Å²) in [6.07, 6.45) is 0. The summed E-state index contributed by atoms with van der Waals surface area (Å²) in [5.74, 6) is 0. The van der Waals surface area contributed by atoms with Crippen molar-refractivity contribution in [2.45, 2.75) is 0 Å². The zero-order valence-corrected chi connectivity index (χ0v) is 3.36. The normalized spacial score (nSPS) is 1.75. The predicted octanol–water partition coefficient (Wildman–Crippen LogP) is -0.186. The van der Waals surface area contributed by atoms with Crippen LogP contribution in [0.4, 0.5) is 0 Å². The minimum atomic E-state index is 0. The molecule has 0 amide bonds. The molecule has 0 aliphatic rings. The monoisotopic (exact) mass is 120 g/mol. The zero-order valence-electron chi connectivity index (χ0n) is 1.79. The van der Waals surface area contributed by atoms with Crippen LogP contribution in [0.3, 0.4) is 0 Å². The average Bonchev–Trinajstić information content (AvgIpc) is 1.00. The van der Waals surface area contributed by atoms with Gasteiger partial charge in [-0.1, -0.05) is 0 Å². The summed E-state index contributed by atoms with van der Waals surface area (Å²) in [5, 5.41) is 0. The second kappa shape index (κ2) is 18.0. The van der Waals surface area contributed by atoms with Crippen molar-refractivity contribution in [1.29, 1.82) is 0 Å². The molecule has 4 heavy (non-hydrogen) atoms. The van der Waals surface area contributed by atoms with Gasteiger partial charge in [-0.15, -0.1) is 12.4 Å². The number of hydrogen-bond acceptors (Lipinski definition) is 0. The van der Waals surface area contributed by atoms with Crippen LogP contribution in [0.5, 0.6) is 0 Å². The molecule has 0 aliphatic heterocycles. The number of halogens is 2. The quantitative estimate of drug-likeness (QED) is 0.390. The van der Waals surface area contributed by atoms with Crippen molar-refractivity contribution in [2.75, 3.05) is 0 Å². The zero-order chi connectivity index (χ0) is 2.00. The van der Waals surface area contributed by atoms with Gasteiger partial charge in [0.2, 0.25) is 0 Å². The second-order valence-electron chi connectivity index (χ2n) is 0. The summed E-state index contributed by atoms with van der Waals surface area (Å²) in [5.41, 5.74) is 0. The van der Waals surface area contributed by atoms with Crippen molar-refractivity contribution in [3.05, 3.63) is 0 Å². The first kappa shape index (κ1) is 16.1. The van der Waals surface area contributed by atoms with Crippen LogP contribution in [0.25, 0.3) is 0 Å². The van der Waals surface area contributed by atoms with Crippen LogP contribution in [0.15, 0.2) is 0 Å².